The van der Waals surface area contributed by atoms with Gasteiger partial charge in [0.15, 0.2) is 0 Å². The van der Waals surface area contributed by atoms with E-state index in [1.54, 1.807) is 0 Å². The van der Waals surface area contributed by atoms with Crippen LogP contribution in [0.25, 0.3) is 0 Å². The lowest BCUT2D eigenvalue weighted by atomic mass is 9.97. The van der Waals surface area contributed by atoms with Crippen LogP contribution in [0.4, 0.5) is 0 Å². The summed E-state index contributed by atoms with van der Waals surface area (Å²) < 4.78 is 2.42. The van der Waals surface area contributed by atoms with Crippen LogP contribution in [0.15, 0.2) is 6.07 Å². The monoisotopic (exact) mass is 235 g/mol. The highest BCUT2D eigenvalue weighted by atomic mass is 16.3. The second-order valence-electron chi connectivity index (χ2n) is 6.24. The molecule has 1 aromatic heterocycles. The zero-order valence-electron chi connectivity index (χ0n) is 11.6. The fourth-order valence-corrected chi connectivity index (χ4v) is 2.67. The Morgan fingerprint density at radius 1 is 1.35 bits per heavy atom. The van der Waals surface area contributed by atoms with Crippen LogP contribution < -0.4 is 0 Å². The summed E-state index contributed by atoms with van der Waals surface area (Å²) in [6, 6.07) is 2.31. The Labute approximate surface area is 105 Å². The van der Waals surface area contributed by atoms with Crippen LogP contribution in [-0.2, 0) is 13.0 Å². The average molecular weight is 235 g/mol. The van der Waals surface area contributed by atoms with Crippen molar-refractivity contribution in [1.29, 1.82) is 0 Å². The Kier molecular flexibility index (Phi) is 3.35. The fraction of sp³-hybridized carbons (Fsp3) is 0.733. The van der Waals surface area contributed by atoms with E-state index in [1.807, 2.05) is 0 Å². The first-order chi connectivity index (χ1) is 7.97. The number of hydrogen-bond acceptors (Lipinski definition) is 1. The minimum Gasteiger partial charge on any atom is -0.396 e. The lowest BCUT2D eigenvalue weighted by Crippen LogP contribution is -2.12. The molecule has 0 aromatic carbocycles. The molecule has 0 amide bonds. The van der Waals surface area contributed by atoms with Crippen molar-refractivity contribution >= 4 is 0 Å². The number of rotatable bonds is 5. The quantitative estimate of drug-likeness (QED) is 0.833. The minimum absolute atomic E-state index is 0.223. The number of aromatic nitrogens is 1. The Bertz CT molecular complexity index is 399. The zero-order chi connectivity index (χ0) is 12.6. The Hall–Kier alpha value is -0.760. The molecule has 1 fully saturated rings. The van der Waals surface area contributed by atoms with E-state index in [1.165, 1.54) is 29.8 Å². The highest BCUT2D eigenvalue weighted by molar-refractivity contribution is 5.29. The number of aryl methyl sites for hydroxylation is 1. The van der Waals surface area contributed by atoms with Gasteiger partial charge in [-0.05, 0) is 56.1 Å². The molecule has 0 spiro atoms. The van der Waals surface area contributed by atoms with E-state index in [0.29, 0.717) is 12.5 Å². The van der Waals surface area contributed by atoms with Crippen molar-refractivity contribution in [1.82, 2.24) is 4.57 Å². The van der Waals surface area contributed by atoms with E-state index in [0.717, 1.165) is 13.0 Å². The molecule has 0 bridgehead atoms. The topological polar surface area (TPSA) is 25.2 Å². The Morgan fingerprint density at radius 2 is 2.00 bits per heavy atom. The Balaban J connectivity index is 2.18. The molecule has 0 aliphatic heterocycles. The molecule has 1 aliphatic carbocycles. The molecular formula is C15H25NO. The highest BCUT2D eigenvalue weighted by Crippen LogP contribution is 2.48. The second kappa shape index (κ2) is 4.49. The first-order valence-corrected chi connectivity index (χ1v) is 6.74. The summed E-state index contributed by atoms with van der Waals surface area (Å²) in [4.78, 5) is 0. The highest BCUT2D eigenvalue weighted by Gasteiger charge is 2.42. The van der Waals surface area contributed by atoms with Crippen molar-refractivity contribution in [3.63, 3.8) is 0 Å². The van der Waals surface area contributed by atoms with Gasteiger partial charge in [0.1, 0.15) is 0 Å². The van der Waals surface area contributed by atoms with E-state index in [4.69, 9.17) is 0 Å². The van der Waals surface area contributed by atoms with Gasteiger partial charge in [0, 0.05) is 24.5 Å². The Morgan fingerprint density at radius 3 is 2.47 bits per heavy atom. The first kappa shape index (κ1) is 12.7. The third kappa shape index (κ3) is 2.57. The number of aliphatic hydroxyl groups is 1. The van der Waals surface area contributed by atoms with Crippen molar-refractivity contribution in [3.8, 4) is 0 Å². The van der Waals surface area contributed by atoms with Gasteiger partial charge in [-0.1, -0.05) is 13.8 Å². The SMILES string of the molecule is Cc1cc(CC2(CO)CC2)c(C)n1CC(C)C. The van der Waals surface area contributed by atoms with Gasteiger partial charge < -0.3 is 9.67 Å². The molecule has 0 radical (unpaired) electrons. The van der Waals surface area contributed by atoms with Crippen LogP contribution in [0, 0.1) is 25.2 Å². The molecule has 0 unspecified atom stereocenters. The molecule has 17 heavy (non-hydrogen) atoms. The molecular weight excluding hydrogens is 210 g/mol. The van der Waals surface area contributed by atoms with E-state index in [9.17, 15) is 5.11 Å². The zero-order valence-corrected chi connectivity index (χ0v) is 11.6. The summed E-state index contributed by atoms with van der Waals surface area (Å²) in [6.07, 6.45) is 3.44. The third-order valence-corrected chi connectivity index (χ3v) is 4.08. The predicted octanol–water partition coefficient (Wildman–Crippen LogP) is 3.08. The molecule has 96 valence electrons. The van der Waals surface area contributed by atoms with Gasteiger partial charge in [-0.25, -0.2) is 0 Å². The molecule has 1 N–H and O–H groups in total. The average Bonchev–Trinajstić information content (AvgIpc) is 2.99. The molecule has 0 atom stereocenters. The molecule has 1 aliphatic rings. The van der Waals surface area contributed by atoms with Crippen molar-refractivity contribution in [2.24, 2.45) is 11.3 Å². The summed E-state index contributed by atoms with van der Waals surface area (Å²) in [5.74, 6) is 0.681. The van der Waals surface area contributed by atoms with Crippen LogP contribution in [0.3, 0.4) is 0 Å². The van der Waals surface area contributed by atoms with Crippen molar-refractivity contribution in [3.05, 3.63) is 23.0 Å². The van der Waals surface area contributed by atoms with E-state index >= 15 is 0 Å². The molecule has 2 rings (SSSR count). The van der Waals surface area contributed by atoms with Gasteiger partial charge in [0.05, 0.1) is 0 Å². The molecule has 2 heteroatoms. The minimum atomic E-state index is 0.223. The number of hydrogen-bond donors (Lipinski definition) is 1. The van der Waals surface area contributed by atoms with Gasteiger partial charge in [-0.2, -0.15) is 0 Å². The standard InChI is InChI=1S/C15H25NO/c1-11(2)9-16-12(3)7-14(13(16)4)8-15(10-17)5-6-15/h7,11,17H,5-6,8-10H2,1-4H3. The lowest BCUT2D eigenvalue weighted by molar-refractivity contribution is 0.211. The van der Waals surface area contributed by atoms with Crippen LogP contribution in [0.1, 0.15) is 43.6 Å². The maximum Gasteiger partial charge on any atom is 0.0490 e. The van der Waals surface area contributed by atoms with Crippen LogP contribution in [0.2, 0.25) is 0 Å². The van der Waals surface area contributed by atoms with Gasteiger partial charge in [-0.15, -0.1) is 0 Å². The summed E-state index contributed by atoms with van der Waals surface area (Å²) >= 11 is 0. The summed E-state index contributed by atoms with van der Waals surface area (Å²) in [5, 5.41) is 9.42. The maximum absolute atomic E-state index is 9.42. The molecule has 1 saturated carbocycles. The molecule has 1 heterocycles. The van der Waals surface area contributed by atoms with Crippen LogP contribution in [-0.4, -0.2) is 16.3 Å². The second-order valence-corrected chi connectivity index (χ2v) is 6.24. The maximum atomic E-state index is 9.42. The third-order valence-electron chi connectivity index (χ3n) is 4.08. The molecule has 2 nitrogen and oxygen atoms in total. The fourth-order valence-electron chi connectivity index (χ4n) is 2.67. The van der Waals surface area contributed by atoms with Crippen LogP contribution in [0.5, 0.6) is 0 Å². The molecule has 1 aromatic rings. The van der Waals surface area contributed by atoms with Gasteiger partial charge in [-0.3, -0.25) is 0 Å². The van der Waals surface area contributed by atoms with E-state index in [-0.39, 0.29) is 5.41 Å². The molecule has 0 saturated heterocycles. The van der Waals surface area contributed by atoms with E-state index in [2.05, 4.69) is 38.3 Å². The summed E-state index contributed by atoms with van der Waals surface area (Å²) in [6.45, 7) is 10.4. The van der Waals surface area contributed by atoms with Crippen molar-refractivity contribution in [2.75, 3.05) is 6.61 Å². The first-order valence-electron chi connectivity index (χ1n) is 6.74. The van der Waals surface area contributed by atoms with Crippen molar-refractivity contribution < 1.29 is 5.11 Å². The largest absolute Gasteiger partial charge is 0.396 e. The summed E-state index contributed by atoms with van der Waals surface area (Å²) in [7, 11) is 0. The lowest BCUT2D eigenvalue weighted by Gasteiger charge is -2.14. The van der Waals surface area contributed by atoms with Crippen LogP contribution >= 0.6 is 0 Å². The number of aliphatic hydroxyl groups excluding tert-OH is 1. The van der Waals surface area contributed by atoms with Gasteiger partial charge in [0.25, 0.3) is 0 Å². The van der Waals surface area contributed by atoms with Gasteiger partial charge >= 0.3 is 0 Å². The normalized spacial score (nSPS) is 17.8. The van der Waals surface area contributed by atoms with Crippen molar-refractivity contribution in [2.45, 2.75) is 53.5 Å². The number of nitrogens with zero attached hydrogens (tertiary/aromatic N) is 1. The van der Waals surface area contributed by atoms with Gasteiger partial charge in [0.2, 0.25) is 0 Å². The summed E-state index contributed by atoms with van der Waals surface area (Å²) in [5.41, 5.74) is 4.42. The van der Waals surface area contributed by atoms with E-state index < -0.39 is 0 Å². The predicted molar refractivity (Wildman–Crippen MR) is 71.2 cm³/mol. The smallest absolute Gasteiger partial charge is 0.0490 e.